The second-order valence-corrected chi connectivity index (χ2v) is 9.68. The molecule has 0 unspecified atom stereocenters. The zero-order valence-corrected chi connectivity index (χ0v) is 21.5. The smallest absolute Gasteiger partial charge is 0.243 e. The molecule has 0 heterocycles. The number of rotatable bonds is 11. The number of carbonyl (C=O) groups is 2. The molecule has 0 radical (unpaired) electrons. The Morgan fingerprint density at radius 2 is 1.69 bits per heavy atom. The highest BCUT2D eigenvalue weighted by molar-refractivity contribution is 7.99. The van der Waals surface area contributed by atoms with Crippen LogP contribution in [0.2, 0.25) is 10.0 Å². The molecule has 0 aliphatic carbocycles. The average molecular weight is 496 g/mol. The Labute approximate surface area is 206 Å². The zero-order chi connectivity index (χ0) is 23.7. The van der Waals surface area contributed by atoms with Crippen molar-refractivity contribution < 1.29 is 9.59 Å². The summed E-state index contributed by atoms with van der Waals surface area (Å²) in [5.74, 6) is 0.578. The molecule has 2 rings (SSSR count). The molecular weight excluding hydrogens is 463 g/mol. The number of benzene rings is 2. The molecule has 174 valence electrons. The van der Waals surface area contributed by atoms with E-state index in [1.54, 1.807) is 23.1 Å². The quantitative estimate of drug-likeness (QED) is 0.401. The average Bonchev–Trinajstić information content (AvgIpc) is 2.76. The molecule has 0 aliphatic heterocycles. The minimum Gasteiger partial charge on any atom is -0.352 e. The molecule has 2 aromatic carbocycles. The molecule has 0 spiro atoms. The maximum atomic E-state index is 13.3. The summed E-state index contributed by atoms with van der Waals surface area (Å²) in [4.78, 5) is 28.1. The van der Waals surface area contributed by atoms with Crippen molar-refractivity contribution in [2.45, 2.75) is 64.9 Å². The Balaban J connectivity index is 2.19. The van der Waals surface area contributed by atoms with Crippen molar-refractivity contribution in [1.29, 1.82) is 0 Å². The van der Waals surface area contributed by atoms with Gasteiger partial charge in [-0.2, -0.15) is 0 Å². The van der Waals surface area contributed by atoms with Crippen LogP contribution in [-0.4, -0.2) is 34.6 Å². The number of nitrogens with zero attached hydrogens (tertiary/aromatic N) is 1. The predicted octanol–water partition coefficient (Wildman–Crippen LogP) is 6.26. The molecule has 2 amide bonds. The molecule has 0 fully saturated rings. The lowest BCUT2D eigenvalue weighted by Crippen LogP contribution is -2.51. The summed E-state index contributed by atoms with van der Waals surface area (Å²) in [6, 6.07) is 12.9. The van der Waals surface area contributed by atoms with Crippen molar-refractivity contribution >= 4 is 46.8 Å². The van der Waals surface area contributed by atoms with E-state index in [1.807, 2.05) is 52.0 Å². The molecule has 0 bridgehead atoms. The Morgan fingerprint density at radius 3 is 2.28 bits per heavy atom. The van der Waals surface area contributed by atoms with Gasteiger partial charge in [0.15, 0.2) is 0 Å². The van der Waals surface area contributed by atoms with E-state index in [2.05, 4.69) is 5.32 Å². The van der Waals surface area contributed by atoms with Gasteiger partial charge in [-0.05, 0) is 55.5 Å². The zero-order valence-electron chi connectivity index (χ0n) is 19.2. The van der Waals surface area contributed by atoms with Gasteiger partial charge in [0.1, 0.15) is 6.04 Å². The molecule has 2 atom stereocenters. The molecule has 7 heteroatoms. The van der Waals surface area contributed by atoms with Crippen LogP contribution in [0.1, 0.15) is 50.3 Å². The Hall–Kier alpha value is -1.69. The summed E-state index contributed by atoms with van der Waals surface area (Å²) in [7, 11) is 0. The molecule has 0 aliphatic rings. The lowest BCUT2D eigenvalue weighted by Gasteiger charge is -2.32. The van der Waals surface area contributed by atoms with E-state index in [9.17, 15) is 9.59 Å². The summed E-state index contributed by atoms with van der Waals surface area (Å²) >= 11 is 14.0. The number of hydrogen-bond donors (Lipinski definition) is 1. The number of halogens is 2. The monoisotopic (exact) mass is 494 g/mol. The SMILES string of the molecule is CC[C@@H](C)NC(=O)[C@H](CC)N(Cc1ccccc1C)C(=O)CSCc1c(Cl)cccc1Cl. The first-order valence-corrected chi connectivity index (χ1v) is 12.8. The molecule has 0 saturated heterocycles. The van der Waals surface area contributed by atoms with Crippen LogP contribution < -0.4 is 5.32 Å². The van der Waals surface area contributed by atoms with Crippen LogP contribution in [0, 0.1) is 6.92 Å². The van der Waals surface area contributed by atoms with E-state index in [-0.39, 0.29) is 23.6 Å². The highest BCUT2D eigenvalue weighted by atomic mass is 35.5. The third-order valence-electron chi connectivity index (χ3n) is 5.52. The second kappa shape index (κ2) is 13.1. The minimum absolute atomic E-state index is 0.0590. The van der Waals surface area contributed by atoms with Gasteiger partial charge < -0.3 is 10.2 Å². The minimum atomic E-state index is -0.527. The molecule has 0 saturated carbocycles. The fraction of sp³-hybridized carbons (Fsp3) is 0.440. The predicted molar refractivity (Wildman–Crippen MR) is 136 cm³/mol. The summed E-state index contributed by atoms with van der Waals surface area (Å²) < 4.78 is 0. The van der Waals surface area contributed by atoms with Gasteiger partial charge in [0.05, 0.1) is 5.75 Å². The summed E-state index contributed by atoms with van der Waals surface area (Å²) in [5, 5.41) is 4.22. The van der Waals surface area contributed by atoms with E-state index in [1.165, 1.54) is 11.8 Å². The van der Waals surface area contributed by atoms with E-state index in [0.717, 1.165) is 23.1 Å². The van der Waals surface area contributed by atoms with Gasteiger partial charge in [0.25, 0.3) is 0 Å². The maximum absolute atomic E-state index is 13.3. The summed E-state index contributed by atoms with van der Waals surface area (Å²) in [5.41, 5.74) is 2.95. The van der Waals surface area contributed by atoms with Crippen molar-refractivity contribution in [2.75, 3.05) is 5.75 Å². The Morgan fingerprint density at radius 1 is 1.03 bits per heavy atom. The van der Waals surface area contributed by atoms with Crippen LogP contribution in [0.3, 0.4) is 0 Å². The van der Waals surface area contributed by atoms with Crippen LogP contribution in [0.15, 0.2) is 42.5 Å². The largest absolute Gasteiger partial charge is 0.352 e. The molecule has 2 aromatic rings. The fourth-order valence-corrected chi connectivity index (χ4v) is 4.97. The van der Waals surface area contributed by atoms with E-state index < -0.39 is 6.04 Å². The van der Waals surface area contributed by atoms with Crippen LogP contribution in [-0.2, 0) is 21.9 Å². The second-order valence-electron chi connectivity index (χ2n) is 7.88. The lowest BCUT2D eigenvalue weighted by molar-refractivity contribution is -0.139. The lowest BCUT2D eigenvalue weighted by atomic mass is 10.1. The van der Waals surface area contributed by atoms with Gasteiger partial charge in [-0.3, -0.25) is 9.59 Å². The van der Waals surface area contributed by atoms with Crippen molar-refractivity contribution in [3.8, 4) is 0 Å². The number of nitrogens with one attached hydrogen (secondary N) is 1. The van der Waals surface area contributed by atoms with E-state index in [4.69, 9.17) is 23.2 Å². The molecule has 4 nitrogen and oxygen atoms in total. The van der Waals surface area contributed by atoms with Gasteiger partial charge in [0, 0.05) is 28.4 Å². The first kappa shape index (κ1) is 26.6. The van der Waals surface area contributed by atoms with E-state index in [0.29, 0.717) is 28.8 Å². The van der Waals surface area contributed by atoms with Gasteiger partial charge in [0.2, 0.25) is 11.8 Å². The Kier molecular flexibility index (Phi) is 10.9. The van der Waals surface area contributed by atoms with E-state index >= 15 is 0 Å². The van der Waals surface area contributed by atoms with Crippen molar-refractivity contribution in [2.24, 2.45) is 0 Å². The third-order valence-corrected chi connectivity index (χ3v) is 7.17. The van der Waals surface area contributed by atoms with Crippen LogP contribution in [0.25, 0.3) is 0 Å². The third kappa shape index (κ3) is 7.43. The normalized spacial score (nSPS) is 12.8. The first-order chi connectivity index (χ1) is 15.3. The van der Waals surface area contributed by atoms with Crippen LogP contribution in [0.4, 0.5) is 0 Å². The highest BCUT2D eigenvalue weighted by Crippen LogP contribution is 2.28. The van der Waals surface area contributed by atoms with Crippen molar-refractivity contribution in [3.63, 3.8) is 0 Å². The number of carbonyl (C=O) groups excluding carboxylic acids is 2. The Bertz CT molecular complexity index is 902. The van der Waals surface area contributed by atoms with Gasteiger partial charge in [-0.1, -0.05) is 67.4 Å². The first-order valence-electron chi connectivity index (χ1n) is 10.9. The molecule has 32 heavy (non-hydrogen) atoms. The maximum Gasteiger partial charge on any atom is 0.243 e. The highest BCUT2D eigenvalue weighted by Gasteiger charge is 2.29. The number of hydrogen-bond acceptors (Lipinski definition) is 3. The standard InChI is InChI=1S/C25H32Cl2N2O2S/c1-5-18(4)28-25(31)23(6-2)29(14-19-11-8-7-10-17(19)3)24(30)16-32-15-20-21(26)12-9-13-22(20)27/h7-13,18,23H,5-6,14-16H2,1-4H3,(H,28,31)/t18-,23+/m1/s1. The number of aryl methyl sites for hydroxylation is 1. The molecule has 1 N–H and O–H groups in total. The van der Waals surface area contributed by atoms with Crippen molar-refractivity contribution in [3.05, 3.63) is 69.2 Å². The molecule has 0 aromatic heterocycles. The van der Waals surface area contributed by atoms with Gasteiger partial charge in [-0.25, -0.2) is 0 Å². The van der Waals surface area contributed by atoms with Gasteiger partial charge in [-0.15, -0.1) is 11.8 Å². The van der Waals surface area contributed by atoms with Gasteiger partial charge >= 0.3 is 0 Å². The molecular formula is C25H32Cl2N2O2S. The van der Waals surface area contributed by atoms with Crippen molar-refractivity contribution in [1.82, 2.24) is 10.2 Å². The summed E-state index contributed by atoms with van der Waals surface area (Å²) in [6.07, 6.45) is 1.38. The topological polar surface area (TPSA) is 49.4 Å². The number of amides is 2. The van der Waals surface area contributed by atoms with Crippen LogP contribution >= 0.6 is 35.0 Å². The summed E-state index contributed by atoms with van der Waals surface area (Å²) in [6.45, 7) is 8.35. The van der Waals surface area contributed by atoms with Crippen LogP contribution in [0.5, 0.6) is 0 Å². The fourth-order valence-electron chi connectivity index (χ4n) is 3.33. The number of thioether (sulfide) groups is 1.